The summed E-state index contributed by atoms with van der Waals surface area (Å²) in [5, 5.41) is 3.69. The molecule has 2 rings (SSSR count). The summed E-state index contributed by atoms with van der Waals surface area (Å²) in [5.74, 6) is 0.222. The van der Waals surface area contributed by atoms with Crippen LogP contribution in [-0.2, 0) is 11.2 Å². The Bertz CT molecular complexity index is 606. The zero-order valence-electron chi connectivity index (χ0n) is 11.5. The molecule has 0 saturated heterocycles. The molecule has 1 amide bonds. The van der Waals surface area contributed by atoms with E-state index >= 15 is 0 Å². The number of halogens is 2. The van der Waals surface area contributed by atoms with Gasteiger partial charge in [-0.3, -0.25) is 4.79 Å². The van der Waals surface area contributed by atoms with Crippen LogP contribution in [0.15, 0.2) is 42.5 Å². The number of anilines is 1. The van der Waals surface area contributed by atoms with Gasteiger partial charge in [0.05, 0.1) is 0 Å². The zero-order chi connectivity index (χ0) is 15.2. The average molecular weight is 324 g/mol. The summed E-state index contributed by atoms with van der Waals surface area (Å²) in [4.78, 5) is 11.8. The molecule has 110 valence electrons. The van der Waals surface area contributed by atoms with Crippen molar-refractivity contribution in [2.45, 2.75) is 13.3 Å². The van der Waals surface area contributed by atoms with Gasteiger partial charge in [-0.25, -0.2) is 0 Å². The van der Waals surface area contributed by atoms with Crippen LogP contribution in [0.2, 0.25) is 10.0 Å². The summed E-state index contributed by atoms with van der Waals surface area (Å²) in [6.07, 6.45) is 0.965. The van der Waals surface area contributed by atoms with Crippen LogP contribution in [0.3, 0.4) is 0 Å². The molecule has 0 radical (unpaired) electrons. The number of benzene rings is 2. The van der Waals surface area contributed by atoms with E-state index in [1.54, 1.807) is 18.2 Å². The SMILES string of the molecule is CCc1ccc(NC(=O)COc2cc(Cl)cc(Cl)c2)cc1. The summed E-state index contributed by atoms with van der Waals surface area (Å²) in [7, 11) is 0. The van der Waals surface area contributed by atoms with Crippen LogP contribution in [0.1, 0.15) is 12.5 Å². The summed E-state index contributed by atoms with van der Waals surface area (Å²) in [6.45, 7) is 1.98. The van der Waals surface area contributed by atoms with Crippen LogP contribution in [0.25, 0.3) is 0 Å². The van der Waals surface area contributed by atoms with E-state index in [9.17, 15) is 4.79 Å². The highest BCUT2D eigenvalue weighted by atomic mass is 35.5. The number of rotatable bonds is 5. The summed E-state index contributed by atoms with van der Waals surface area (Å²) < 4.78 is 5.37. The Labute approximate surface area is 133 Å². The molecule has 0 unspecified atom stereocenters. The molecule has 0 heterocycles. The molecule has 3 nitrogen and oxygen atoms in total. The Morgan fingerprint density at radius 1 is 1.10 bits per heavy atom. The highest BCUT2D eigenvalue weighted by Crippen LogP contribution is 2.24. The molecule has 0 fully saturated rings. The molecule has 5 heteroatoms. The van der Waals surface area contributed by atoms with Crippen molar-refractivity contribution < 1.29 is 9.53 Å². The predicted octanol–water partition coefficient (Wildman–Crippen LogP) is 4.57. The van der Waals surface area contributed by atoms with E-state index in [1.165, 1.54) is 5.56 Å². The molecule has 0 bridgehead atoms. The summed E-state index contributed by atoms with van der Waals surface area (Å²) in [5.41, 5.74) is 1.96. The number of hydrogen-bond acceptors (Lipinski definition) is 2. The fraction of sp³-hybridized carbons (Fsp3) is 0.188. The van der Waals surface area contributed by atoms with Gasteiger partial charge >= 0.3 is 0 Å². The minimum Gasteiger partial charge on any atom is -0.484 e. The van der Waals surface area contributed by atoms with E-state index in [-0.39, 0.29) is 12.5 Å². The molecule has 2 aromatic carbocycles. The number of aryl methyl sites for hydroxylation is 1. The third kappa shape index (κ3) is 4.96. The second-order valence-corrected chi connectivity index (χ2v) is 5.37. The normalized spacial score (nSPS) is 10.2. The van der Waals surface area contributed by atoms with Gasteiger partial charge in [-0.15, -0.1) is 0 Å². The maximum atomic E-state index is 11.8. The Balaban J connectivity index is 1.89. The first-order chi connectivity index (χ1) is 10.1. The molecule has 0 spiro atoms. The van der Waals surface area contributed by atoms with E-state index in [4.69, 9.17) is 27.9 Å². The number of amides is 1. The van der Waals surface area contributed by atoms with Gasteiger partial charge in [0.1, 0.15) is 5.75 Å². The van der Waals surface area contributed by atoms with Crippen molar-refractivity contribution in [3.8, 4) is 5.75 Å². The van der Waals surface area contributed by atoms with Crippen LogP contribution in [0.5, 0.6) is 5.75 Å². The van der Waals surface area contributed by atoms with Crippen LogP contribution in [0, 0.1) is 0 Å². The average Bonchev–Trinajstić information content (AvgIpc) is 2.45. The lowest BCUT2D eigenvalue weighted by atomic mass is 10.1. The first-order valence-corrected chi connectivity index (χ1v) is 7.30. The maximum absolute atomic E-state index is 11.8. The van der Waals surface area contributed by atoms with E-state index < -0.39 is 0 Å². The van der Waals surface area contributed by atoms with Crippen molar-refractivity contribution >= 4 is 34.8 Å². The Hall–Kier alpha value is -1.71. The first kappa shape index (κ1) is 15.7. The molecule has 2 aromatic rings. The molecule has 0 aromatic heterocycles. The standard InChI is InChI=1S/C16H15Cl2NO2/c1-2-11-3-5-14(6-4-11)19-16(20)10-21-15-8-12(17)7-13(18)9-15/h3-9H,2,10H2,1H3,(H,19,20). The predicted molar refractivity (Wildman–Crippen MR) is 86.4 cm³/mol. The molecular weight excluding hydrogens is 309 g/mol. The van der Waals surface area contributed by atoms with Crippen molar-refractivity contribution in [2.24, 2.45) is 0 Å². The van der Waals surface area contributed by atoms with Crippen molar-refractivity contribution in [1.29, 1.82) is 0 Å². The van der Waals surface area contributed by atoms with Crippen molar-refractivity contribution in [2.75, 3.05) is 11.9 Å². The lowest BCUT2D eigenvalue weighted by Crippen LogP contribution is -2.20. The molecule has 21 heavy (non-hydrogen) atoms. The molecule has 0 atom stereocenters. The fourth-order valence-corrected chi connectivity index (χ4v) is 2.29. The Kier molecular flexibility index (Phi) is 5.48. The van der Waals surface area contributed by atoms with Crippen molar-refractivity contribution in [1.82, 2.24) is 0 Å². The Morgan fingerprint density at radius 2 is 1.71 bits per heavy atom. The second kappa shape index (κ2) is 7.34. The van der Waals surface area contributed by atoms with Gasteiger partial charge in [0.25, 0.3) is 5.91 Å². The van der Waals surface area contributed by atoms with Crippen LogP contribution < -0.4 is 10.1 Å². The van der Waals surface area contributed by atoms with Crippen LogP contribution in [0.4, 0.5) is 5.69 Å². The first-order valence-electron chi connectivity index (χ1n) is 6.54. The molecular formula is C16H15Cl2NO2. The van der Waals surface area contributed by atoms with Gasteiger partial charge in [0, 0.05) is 15.7 Å². The smallest absolute Gasteiger partial charge is 0.262 e. The summed E-state index contributed by atoms with van der Waals surface area (Å²) in [6, 6.07) is 12.5. The molecule has 0 aliphatic carbocycles. The van der Waals surface area contributed by atoms with Gasteiger partial charge in [-0.2, -0.15) is 0 Å². The fourth-order valence-electron chi connectivity index (χ4n) is 1.78. The van der Waals surface area contributed by atoms with E-state index in [1.807, 2.05) is 24.3 Å². The van der Waals surface area contributed by atoms with Gasteiger partial charge in [-0.1, -0.05) is 42.3 Å². The third-order valence-corrected chi connectivity index (χ3v) is 3.29. The lowest BCUT2D eigenvalue weighted by Gasteiger charge is -2.08. The van der Waals surface area contributed by atoms with Gasteiger partial charge in [0.15, 0.2) is 6.61 Å². The number of ether oxygens (including phenoxy) is 1. The molecule has 0 aliphatic heterocycles. The van der Waals surface area contributed by atoms with E-state index in [2.05, 4.69) is 12.2 Å². The number of carbonyl (C=O) groups is 1. The summed E-state index contributed by atoms with van der Waals surface area (Å²) >= 11 is 11.7. The van der Waals surface area contributed by atoms with Gasteiger partial charge in [-0.05, 0) is 42.3 Å². The number of carbonyl (C=O) groups excluding carboxylic acids is 1. The molecule has 0 saturated carbocycles. The maximum Gasteiger partial charge on any atom is 0.262 e. The topological polar surface area (TPSA) is 38.3 Å². The van der Waals surface area contributed by atoms with E-state index in [0.717, 1.165) is 12.1 Å². The molecule has 0 aliphatic rings. The van der Waals surface area contributed by atoms with Gasteiger partial charge in [0.2, 0.25) is 0 Å². The monoisotopic (exact) mass is 323 g/mol. The zero-order valence-corrected chi connectivity index (χ0v) is 13.0. The largest absolute Gasteiger partial charge is 0.484 e. The minimum absolute atomic E-state index is 0.105. The minimum atomic E-state index is -0.240. The third-order valence-electron chi connectivity index (χ3n) is 2.85. The highest BCUT2D eigenvalue weighted by Gasteiger charge is 2.05. The number of hydrogen-bond donors (Lipinski definition) is 1. The van der Waals surface area contributed by atoms with E-state index in [0.29, 0.717) is 15.8 Å². The lowest BCUT2D eigenvalue weighted by molar-refractivity contribution is -0.118. The van der Waals surface area contributed by atoms with Crippen LogP contribution in [-0.4, -0.2) is 12.5 Å². The highest BCUT2D eigenvalue weighted by molar-refractivity contribution is 6.34. The molecule has 1 N–H and O–H groups in total. The quantitative estimate of drug-likeness (QED) is 0.875. The van der Waals surface area contributed by atoms with Gasteiger partial charge < -0.3 is 10.1 Å². The van der Waals surface area contributed by atoms with Crippen LogP contribution >= 0.6 is 23.2 Å². The number of nitrogens with one attached hydrogen (secondary N) is 1. The Morgan fingerprint density at radius 3 is 2.29 bits per heavy atom. The van der Waals surface area contributed by atoms with Crippen molar-refractivity contribution in [3.63, 3.8) is 0 Å². The van der Waals surface area contributed by atoms with Crippen molar-refractivity contribution in [3.05, 3.63) is 58.1 Å². The second-order valence-electron chi connectivity index (χ2n) is 4.49.